The van der Waals surface area contributed by atoms with Gasteiger partial charge in [0.2, 0.25) is 0 Å². The van der Waals surface area contributed by atoms with E-state index >= 15 is 0 Å². The van der Waals surface area contributed by atoms with Gasteiger partial charge in [-0.15, -0.1) is 0 Å². The number of fused-ring (bicyclic) bond motifs is 1. The summed E-state index contributed by atoms with van der Waals surface area (Å²) < 4.78 is 5.82. The molecule has 0 radical (unpaired) electrons. The third-order valence-corrected chi connectivity index (χ3v) is 9.09. The summed E-state index contributed by atoms with van der Waals surface area (Å²) in [7, 11) is 1.82. The van der Waals surface area contributed by atoms with Crippen molar-refractivity contribution in [2.75, 3.05) is 30.4 Å². The number of rotatable bonds is 9. The van der Waals surface area contributed by atoms with Crippen LogP contribution in [0.3, 0.4) is 0 Å². The summed E-state index contributed by atoms with van der Waals surface area (Å²) in [4.78, 5) is 17.5. The highest BCUT2D eigenvalue weighted by atomic mass is 16.6. The van der Waals surface area contributed by atoms with Crippen LogP contribution in [0.5, 0.6) is 0 Å². The van der Waals surface area contributed by atoms with E-state index in [1.165, 1.54) is 22.5 Å². The number of para-hydroxylation sites is 2. The Hall–Kier alpha value is -3.99. The number of carbonyl (C=O) groups excluding carboxylic acids is 1. The average Bonchev–Trinajstić information content (AvgIpc) is 3.48. The van der Waals surface area contributed by atoms with Crippen molar-refractivity contribution >= 4 is 17.5 Å². The van der Waals surface area contributed by atoms with E-state index in [1.54, 1.807) is 4.90 Å². The Morgan fingerprint density at radius 2 is 1.69 bits per heavy atom. The third kappa shape index (κ3) is 6.98. The monoisotopic (exact) mass is 607 g/mol. The molecule has 0 spiro atoms. The lowest BCUT2D eigenvalue weighted by atomic mass is 9.77. The van der Waals surface area contributed by atoms with E-state index in [0.717, 1.165) is 54.0 Å². The van der Waals surface area contributed by atoms with Gasteiger partial charge < -0.3 is 15.0 Å². The molecule has 4 rings (SSSR count). The molecule has 2 aliphatic rings. The van der Waals surface area contributed by atoms with Gasteiger partial charge in [-0.3, -0.25) is 4.90 Å². The van der Waals surface area contributed by atoms with Gasteiger partial charge in [0.05, 0.1) is 5.70 Å². The Morgan fingerprint density at radius 1 is 1.02 bits per heavy atom. The highest BCUT2D eigenvalue weighted by Gasteiger charge is 2.39. The lowest BCUT2D eigenvalue weighted by Gasteiger charge is -2.29. The SMILES string of the molecule is C=C(/C=C/C1=C(N(C)C(=O)OC(C)(C)C)C(=C/C=C2/N(CC)c3ccccc3C2(C)C)/CC1)C(C)(C)c1ccccc1NCC. The summed E-state index contributed by atoms with van der Waals surface area (Å²) in [5, 5.41) is 3.50. The maximum atomic E-state index is 13.4. The highest BCUT2D eigenvalue weighted by molar-refractivity contribution is 5.74. The van der Waals surface area contributed by atoms with Crippen molar-refractivity contribution in [2.24, 2.45) is 0 Å². The molecule has 1 aliphatic carbocycles. The first-order valence-electron chi connectivity index (χ1n) is 16.3. The molecule has 0 fully saturated rings. The van der Waals surface area contributed by atoms with Gasteiger partial charge in [0, 0.05) is 48.0 Å². The molecule has 45 heavy (non-hydrogen) atoms. The fourth-order valence-corrected chi connectivity index (χ4v) is 6.51. The first kappa shape index (κ1) is 33.9. The molecule has 0 unspecified atom stereocenters. The molecule has 1 amide bonds. The van der Waals surface area contributed by atoms with E-state index in [2.05, 4.69) is 131 Å². The number of allylic oxidation sites excluding steroid dienone is 8. The molecule has 1 heterocycles. The molecule has 2 aromatic carbocycles. The molecule has 5 heteroatoms. The topological polar surface area (TPSA) is 44.8 Å². The van der Waals surface area contributed by atoms with Gasteiger partial charge in [-0.05, 0) is 93.5 Å². The van der Waals surface area contributed by atoms with E-state index in [-0.39, 0.29) is 16.9 Å². The number of hydrogen-bond acceptors (Lipinski definition) is 4. The zero-order valence-electron chi connectivity index (χ0n) is 29.2. The van der Waals surface area contributed by atoms with Crippen molar-refractivity contribution < 1.29 is 9.53 Å². The van der Waals surface area contributed by atoms with Crippen LogP contribution in [-0.2, 0) is 15.6 Å². The van der Waals surface area contributed by atoms with Crippen molar-refractivity contribution in [1.82, 2.24) is 4.90 Å². The number of anilines is 2. The summed E-state index contributed by atoms with van der Waals surface area (Å²) in [5.74, 6) is 0. The molecule has 1 aliphatic heterocycles. The second kappa shape index (κ2) is 13.2. The summed E-state index contributed by atoms with van der Waals surface area (Å²) in [6, 6.07) is 17.1. The number of hydrogen-bond donors (Lipinski definition) is 1. The van der Waals surface area contributed by atoms with Gasteiger partial charge in [-0.1, -0.05) is 88.9 Å². The van der Waals surface area contributed by atoms with Crippen LogP contribution in [0.1, 0.15) is 86.3 Å². The van der Waals surface area contributed by atoms with Crippen LogP contribution < -0.4 is 10.2 Å². The van der Waals surface area contributed by atoms with Gasteiger partial charge in [-0.2, -0.15) is 0 Å². The number of amides is 1. The number of carbonyl (C=O) groups is 1. The smallest absolute Gasteiger partial charge is 0.414 e. The van der Waals surface area contributed by atoms with Crippen LogP contribution in [-0.4, -0.2) is 36.7 Å². The first-order valence-corrected chi connectivity index (χ1v) is 16.3. The summed E-state index contributed by atoms with van der Waals surface area (Å²) >= 11 is 0. The second-order valence-corrected chi connectivity index (χ2v) is 14.1. The Kier molecular flexibility index (Phi) is 9.91. The Balaban J connectivity index is 1.74. The summed E-state index contributed by atoms with van der Waals surface area (Å²) in [6.45, 7) is 25.3. The minimum Gasteiger partial charge on any atom is -0.443 e. The Morgan fingerprint density at radius 3 is 2.36 bits per heavy atom. The number of likely N-dealkylation sites (N-methyl/N-ethyl adjacent to an activating group) is 2. The van der Waals surface area contributed by atoms with Crippen molar-refractivity contribution in [2.45, 2.75) is 91.6 Å². The standard InChI is InChI=1S/C40H53N3O2/c1-12-41-33-20-16-14-18-31(33)39(7,8)28(3)22-23-29-24-25-30(36(29)42(11)37(44)45-38(4,5)6)26-27-35-40(9,10)32-19-15-17-21-34(32)43(35)13-2/h14-23,26-27,41H,3,12-13,24-25H2,1-2,4-11H3/b23-22+,30-26+,35-27+. The molecule has 0 saturated heterocycles. The van der Waals surface area contributed by atoms with Gasteiger partial charge in [-0.25, -0.2) is 4.79 Å². The fraction of sp³-hybridized carbons (Fsp3) is 0.425. The van der Waals surface area contributed by atoms with Crippen LogP contribution in [0.2, 0.25) is 0 Å². The predicted octanol–water partition coefficient (Wildman–Crippen LogP) is 10.1. The van der Waals surface area contributed by atoms with Gasteiger partial charge in [0.15, 0.2) is 0 Å². The first-order chi connectivity index (χ1) is 21.1. The third-order valence-electron chi connectivity index (χ3n) is 9.09. The van der Waals surface area contributed by atoms with Crippen LogP contribution in [0.25, 0.3) is 0 Å². The number of benzene rings is 2. The zero-order chi connectivity index (χ0) is 33.2. The van der Waals surface area contributed by atoms with E-state index < -0.39 is 5.60 Å². The van der Waals surface area contributed by atoms with Gasteiger partial charge in [0.1, 0.15) is 5.60 Å². The minimum absolute atomic E-state index is 0.127. The van der Waals surface area contributed by atoms with E-state index in [1.807, 2.05) is 27.8 Å². The minimum atomic E-state index is -0.591. The lowest BCUT2D eigenvalue weighted by molar-refractivity contribution is 0.0356. The van der Waals surface area contributed by atoms with Crippen LogP contribution >= 0.6 is 0 Å². The summed E-state index contributed by atoms with van der Waals surface area (Å²) in [6.07, 6.45) is 10.1. The van der Waals surface area contributed by atoms with E-state index in [9.17, 15) is 4.79 Å². The van der Waals surface area contributed by atoms with Gasteiger partial charge >= 0.3 is 6.09 Å². The number of ether oxygens (including phenoxy) is 1. The lowest BCUT2D eigenvalue weighted by Crippen LogP contribution is -2.34. The number of nitrogens with one attached hydrogen (secondary N) is 1. The van der Waals surface area contributed by atoms with Gasteiger partial charge in [0.25, 0.3) is 0 Å². The highest BCUT2D eigenvalue weighted by Crippen LogP contribution is 2.48. The molecule has 2 aromatic rings. The maximum absolute atomic E-state index is 13.4. The predicted molar refractivity (Wildman–Crippen MR) is 191 cm³/mol. The number of nitrogens with zero attached hydrogens (tertiary/aromatic N) is 2. The van der Waals surface area contributed by atoms with Crippen molar-refractivity contribution in [3.8, 4) is 0 Å². The van der Waals surface area contributed by atoms with Crippen molar-refractivity contribution in [1.29, 1.82) is 0 Å². The second-order valence-electron chi connectivity index (χ2n) is 14.1. The molecule has 0 saturated carbocycles. The molecule has 1 N–H and O–H groups in total. The van der Waals surface area contributed by atoms with Crippen LogP contribution in [0.15, 0.2) is 108 Å². The molecule has 0 aromatic heterocycles. The molecule has 5 nitrogen and oxygen atoms in total. The zero-order valence-corrected chi connectivity index (χ0v) is 29.2. The van der Waals surface area contributed by atoms with Crippen molar-refractivity contribution in [3.05, 3.63) is 119 Å². The molecule has 0 atom stereocenters. The Labute approximate surface area is 272 Å². The maximum Gasteiger partial charge on any atom is 0.414 e. The quantitative estimate of drug-likeness (QED) is 0.288. The average molecular weight is 608 g/mol. The molecular weight excluding hydrogens is 554 g/mol. The summed E-state index contributed by atoms with van der Waals surface area (Å²) in [5.41, 5.74) is 9.33. The molecule has 240 valence electrons. The Bertz CT molecular complexity index is 1560. The molecular formula is C40H53N3O2. The van der Waals surface area contributed by atoms with E-state index in [4.69, 9.17) is 4.74 Å². The van der Waals surface area contributed by atoms with Crippen LogP contribution in [0, 0.1) is 0 Å². The fourth-order valence-electron chi connectivity index (χ4n) is 6.51. The normalized spacial score (nSPS) is 18.2. The van der Waals surface area contributed by atoms with Crippen molar-refractivity contribution in [3.63, 3.8) is 0 Å². The van der Waals surface area contributed by atoms with Crippen LogP contribution in [0.4, 0.5) is 16.2 Å². The largest absolute Gasteiger partial charge is 0.443 e. The van der Waals surface area contributed by atoms with E-state index in [0.29, 0.717) is 0 Å². The molecule has 0 bridgehead atoms.